The van der Waals surface area contributed by atoms with E-state index in [1.807, 2.05) is 0 Å². The van der Waals surface area contributed by atoms with Gasteiger partial charge in [0.05, 0.1) is 7.11 Å². The minimum absolute atomic E-state index is 0.114. The summed E-state index contributed by atoms with van der Waals surface area (Å²) in [5.74, 6) is -3.38. The van der Waals surface area contributed by atoms with E-state index in [-0.39, 0.29) is 7.11 Å². The molecule has 35 heteroatoms. The number of carbonyl (C=O) groups excluding carboxylic acids is 1. The molecule has 0 aromatic carbocycles. The zero-order chi connectivity index (χ0) is 41.0. The van der Waals surface area contributed by atoms with Gasteiger partial charge in [-0.1, -0.05) is 0 Å². The van der Waals surface area contributed by atoms with Crippen LogP contribution in [0.2, 0.25) is 0 Å². The van der Waals surface area contributed by atoms with Gasteiger partial charge in [-0.2, -0.15) is 119 Å². The average Bonchev–Trinajstić information content (AvgIpc) is 2.78. The number of hydrogen-bond acceptors (Lipinski definition) is 8. The number of ether oxygens (including phenoxy) is 7. The number of esters is 1. The molecule has 0 heterocycles. The fourth-order valence-electron chi connectivity index (χ4n) is 1.78. The summed E-state index contributed by atoms with van der Waals surface area (Å²) in [6.07, 6.45) is -102. The number of halogens is 27. The molecule has 0 fully saturated rings. The van der Waals surface area contributed by atoms with Crippen molar-refractivity contribution < 1.29 is 156 Å². The van der Waals surface area contributed by atoms with Crippen LogP contribution in [0.3, 0.4) is 0 Å². The van der Waals surface area contributed by atoms with Gasteiger partial charge in [-0.3, -0.25) is 0 Å². The van der Waals surface area contributed by atoms with E-state index in [2.05, 4.69) is 4.74 Å². The Labute approximate surface area is 250 Å². The summed E-state index contributed by atoms with van der Waals surface area (Å²) in [6.45, 7) is 0. The molecule has 0 radical (unpaired) electrons. The van der Waals surface area contributed by atoms with Gasteiger partial charge in [-0.05, 0) is 0 Å². The van der Waals surface area contributed by atoms with Crippen molar-refractivity contribution in [1.29, 1.82) is 0 Å². The molecule has 0 aliphatic heterocycles. The van der Waals surface area contributed by atoms with E-state index in [0.717, 1.165) is 18.9 Å². The van der Waals surface area contributed by atoms with Gasteiger partial charge in [0.2, 0.25) is 0 Å². The topological polar surface area (TPSA) is 81.7 Å². The van der Waals surface area contributed by atoms with E-state index >= 15 is 0 Å². The first-order valence-electron chi connectivity index (χ1n) is 10.1. The lowest BCUT2D eigenvalue weighted by atomic mass is 10.4. The number of rotatable bonds is 18. The molecule has 0 unspecified atom stereocenters. The molecule has 300 valence electrons. The second-order valence-electron chi connectivity index (χ2n) is 7.80. The maximum Gasteiger partial charge on any atom is 0.483 e. The van der Waals surface area contributed by atoms with Gasteiger partial charge < -0.3 is 4.74 Å². The number of carbonyl (C=O) groups is 1. The predicted octanol–water partition coefficient (Wildman–Crippen LogP) is 7.93. The number of alkyl halides is 27. The third-order valence-corrected chi connectivity index (χ3v) is 3.99. The van der Waals surface area contributed by atoms with Crippen LogP contribution in [0.15, 0.2) is 0 Å². The first-order chi connectivity index (χ1) is 21.2. The molecule has 0 aliphatic rings. The van der Waals surface area contributed by atoms with Crippen molar-refractivity contribution in [3.8, 4) is 0 Å². The van der Waals surface area contributed by atoms with Gasteiger partial charge in [0.1, 0.15) is 0 Å². The largest absolute Gasteiger partial charge is 0.483 e. The lowest BCUT2D eigenvalue weighted by Crippen LogP contribution is -2.62. The Morgan fingerprint density at radius 2 is 0.460 bits per heavy atom. The maximum atomic E-state index is 13.4. The smallest absolute Gasteiger partial charge is 0.463 e. The Hall–Kier alpha value is -2.66. The highest BCUT2D eigenvalue weighted by atomic mass is 19.4. The summed E-state index contributed by atoms with van der Waals surface area (Å²) in [7, 11) is -0.114. The molecular weight excluding hydrogens is 821 g/mol. The van der Waals surface area contributed by atoms with Gasteiger partial charge in [-0.25, -0.2) is 33.2 Å². The summed E-state index contributed by atoms with van der Waals surface area (Å²) in [5.41, 5.74) is 0. The molecule has 0 aromatic rings. The molecular formula is C15H3F27O8. The minimum Gasteiger partial charge on any atom is -0.463 e. The van der Waals surface area contributed by atoms with E-state index in [0.29, 0.717) is 0 Å². The van der Waals surface area contributed by atoms with E-state index < -0.39 is 85.4 Å². The Bertz CT molecular complexity index is 1190. The van der Waals surface area contributed by atoms with Crippen molar-refractivity contribution in [2.24, 2.45) is 0 Å². The summed E-state index contributed by atoms with van der Waals surface area (Å²) in [4.78, 5) is 10.5. The van der Waals surface area contributed by atoms with Gasteiger partial charge in [0.15, 0.2) is 0 Å². The molecule has 0 spiro atoms. The summed E-state index contributed by atoms with van der Waals surface area (Å²) in [6, 6.07) is 0. The van der Waals surface area contributed by atoms with Crippen molar-refractivity contribution in [3.63, 3.8) is 0 Å². The van der Waals surface area contributed by atoms with Crippen LogP contribution >= 0.6 is 0 Å². The van der Waals surface area contributed by atoms with Crippen molar-refractivity contribution in [1.82, 2.24) is 0 Å². The summed E-state index contributed by atoms with van der Waals surface area (Å²) in [5, 5.41) is 0. The highest BCUT2D eigenvalue weighted by molar-refractivity contribution is 5.75. The molecule has 0 bridgehead atoms. The molecule has 0 rings (SSSR count). The van der Waals surface area contributed by atoms with Crippen LogP contribution in [-0.4, -0.2) is 92.6 Å². The molecule has 0 aromatic heterocycles. The first kappa shape index (κ1) is 47.3. The zero-order valence-corrected chi connectivity index (χ0v) is 21.5. The van der Waals surface area contributed by atoms with E-state index in [4.69, 9.17) is 0 Å². The van der Waals surface area contributed by atoms with Crippen molar-refractivity contribution in [2.75, 3.05) is 7.11 Å². The molecule has 0 aliphatic carbocycles. The van der Waals surface area contributed by atoms with Crippen LogP contribution in [0.25, 0.3) is 0 Å². The van der Waals surface area contributed by atoms with Gasteiger partial charge in [-0.15, -0.1) is 0 Å². The molecule has 0 saturated heterocycles. The van der Waals surface area contributed by atoms with Gasteiger partial charge in [0.25, 0.3) is 0 Å². The highest BCUT2D eigenvalue weighted by Crippen LogP contribution is 2.54. The number of hydrogen-bond donors (Lipinski definition) is 0. The molecule has 8 nitrogen and oxygen atoms in total. The minimum atomic E-state index is -8.29. The molecule has 0 atom stereocenters. The maximum absolute atomic E-state index is 13.4. The van der Waals surface area contributed by atoms with Crippen molar-refractivity contribution in [3.05, 3.63) is 0 Å². The SMILES string of the molecule is COC(=O)C(F)(F)OC(F)(F)C(F)(F)OC(F)(F)C(F)(F)OC(F)(F)C(F)(F)OC(F)(F)C(F)(F)OC(F)(F)C(F)(F)OC(F)(F)C(F)(F)F. The van der Waals surface area contributed by atoms with Crippen LogP contribution in [0.1, 0.15) is 0 Å². The quantitative estimate of drug-likeness (QED) is 0.102. The molecule has 50 heavy (non-hydrogen) atoms. The third-order valence-electron chi connectivity index (χ3n) is 3.99. The lowest BCUT2D eigenvalue weighted by molar-refractivity contribution is -0.595. The number of methoxy groups -OCH3 is 1. The molecule has 0 amide bonds. The Kier molecular flexibility index (Phi) is 12.4. The van der Waals surface area contributed by atoms with Crippen LogP contribution in [0.4, 0.5) is 119 Å². The first-order valence-corrected chi connectivity index (χ1v) is 10.1. The van der Waals surface area contributed by atoms with Gasteiger partial charge in [0, 0.05) is 0 Å². The lowest BCUT2D eigenvalue weighted by Gasteiger charge is -2.37. The second kappa shape index (κ2) is 13.1. The Balaban J connectivity index is 6.31. The van der Waals surface area contributed by atoms with Crippen molar-refractivity contribution >= 4 is 5.97 Å². The van der Waals surface area contributed by atoms with Crippen LogP contribution in [0, 0.1) is 0 Å². The van der Waals surface area contributed by atoms with Crippen LogP contribution < -0.4 is 0 Å². The van der Waals surface area contributed by atoms with Gasteiger partial charge >= 0.3 is 85.4 Å². The summed E-state index contributed by atoms with van der Waals surface area (Å²) >= 11 is 0. The summed E-state index contributed by atoms with van der Waals surface area (Å²) < 4.78 is 362. The fourth-order valence-corrected chi connectivity index (χ4v) is 1.78. The van der Waals surface area contributed by atoms with E-state index in [1.165, 1.54) is 4.74 Å². The average molecular weight is 824 g/mol. The van der Waals surface area contributed by atoms with E-state index in [9.17, 15) is 123 Å². The standard InChI is InChI=1S/C15H3F27O8/c1-44-2(43)3(16,17)45-6(23,24)7(25,26)47-10(31,32)11(33,34)49-14(39,40)15(41,42)50-13(37,38)12(35,36)48-9(29,30)8(27,28)46-5(21,22)4(18,19)20/h1H3. The predicted molar refractivity (Wildman–Crippen MR) is 83.9 cm³/mol. The monoisotopic (exact) mass is 824 g/mol. The van der Waals surface area contributed by atoms with E-state index in [1.54, 1.807) is 4.74 Å². The fraction of sp³-hybridized carbons (Fsp3) is 0.933. The van der Waals surface area contributed by atoms with Crippen LogP contribution in [0.5, 0.6) is 0 Å². The Morgan fingerprint density at radius 3 is 0.620 bits per heavy atom. The van der Waals surface area contributed by atoms with Crippen molar-refractivity contribution in [2.45, 2.75) is 79.5 Å². The normalized spacial score (nSPS) is 16.2. The molecule has 0 N–H and O–H groups in total. The zero-order valence-electron chi connectivity index (χ0n) is 21.5. The Morgan fingerprint density at radius 1 is 0.300 bits per heavy atom. The highest BCUT2D eigenvalue weighted by Gasteiger charge is 2.80. The molecule has 0 saturated carbocycles. The van der Waals surface area contributed by atoms with Crippen LogP contribution in [-0.2, 0) is 38.0 Å². The second-order valence-corrected chi connectivity index (χ2v) is 7.80. The third kappa shape index (κ3) is 9.81.